The van der Waals surface area contributed by atoms with Crippen molar-refractivity contribution in [3.05, 3.63) is 58.7 Å². The van der Waals surface area contributed by atoms with Gasteiger partial charge in [0.05, 0.1) is 19.8 Å². The van der Waals surface area contributed by atoms with E-state index in [1.807, 2.05) is 0 Å². The molecule has 4 rings (SSSR count). The second-order valence-electron chi connectivity index (χ2n) is 15.4. The summed E-state index contributed by atoms with van der Waals surface area (Å²) in [5.41, 5.74) is 4.94. The van der Waals surface area contributed by atoms with Gasteiger partial charge in [-0.2, -0.15) is 0 Å². The highest BCUT2D eigenvalue weighted by Crippen LogP contribution is 2.54. The third-order valence-corrected chi connectivity index (χ3v) is 10.9. The molecule has 2 aromatic carbocycles. The average molecular weight is 573 g/mol. The predicted octanol–water partition coefficient (Wildman–Crippen LogP) is 8.67. The Kier molecular flexibility index (Phi) is 8.58. The maximum atomic E-state index is 6.81. The highest BCUT2D eigenvalue weighted by atomic mass is 31.2. The third-order valence-electron chi connectivity index (χ3n) is 7.67. The summed E-state index contributed by atoms with van der Waals surface area (Å²) < 4.78 is 26.2. The largest absolute Gasteiger partial charge is 0.330 e. The van der Waals surface area contributed by atoms with Crippen LogP contribution < -0.4 is 10.6 Å². The van der Waals surface area contributed by atoms with Gasteiger partial charge in [0.1, 0.15) is 5.60 Å². The van der Waals surface area contributed by atoms with Crippen LogP contribution >= 0.6 is 16.8 Å². The zero-order valence-corrected chi connectivity index (χ0v) is 28.1. The Morgan fingerprint density at radius 1 is 0.564 bits per heavy atom. The molecule has 1 unspecified atom stereocenters. The zero-order valence-electron chi connectivity index (χ0n) is 26.3. The first-order valence-electron chi connectivity index (χ1n) is 14.3. The molecule has 216 valence electrons. The first kappa shape index (κ1) is 31.1. The first-order valence-corrected chi connectivity index (χ1v) is 16.6. The van der Waals surface area contributed by atoms with Crippen molar-refractivity contribution in [1.82, 2.24) is 0 Å². The first-order chi connectivity index (χ1) is 17.8. The van der Waals surface area contributed by atoms with E-state index >= 15 is 0 Å². The van der Waals surface area contributed by atoms with Gasteiger partial charge in [-0.25, -0.2) is 0 Å². The Labute approximate surface area is 240 Å². The Balaban J connectivity index is 1.57. The van der Waals surface area contributed by atoms with Gasteiger partial charge in [-0.05, 0) is 56.0 Å². The normalized spacial score (nSPS) is 25.2. The molecule has 0 amide bonds. The monoisotopic (exact) mass is 572 g/mol. The van der Waals surface area contributed by atoms with Gasteiger partial charge in [0.15, 0.2) is 0 Å². The molecule has 2 aromatic rings. The number of hydrogen-bond donors (Lipinski definition) is 0. The topological polar surface area (TPSA) is 36.9 Å². The van der Waals surface area contributed by atoms with Crippen LogP contribution in [-0.4, -0.2) is 25.4 Å². The lowest BCUT2D eigenvalue weighted by atomic mass is 9.81. The van der Waals surface area contributed by atoms with Crippen LogP contribution in [0.1, 0.15) is 112 Å². The van der Waals surface area contributed by atoms with E-state index in [2.05, 4.69) is 119 Å². The smallest absolute Gasteiger partial charge is 0.206 e. The lowest BCUT2D eigenvalue weighted by Gasteiger charge is -2.44. The highest BCUT2D eigenvalue weighted by molar-refractivity contribution is 7.56. The van der Waals surface area contributed by atoms with Crippen LogP contribution in [0.15, 0.2) is 36.4 Å². The second kappa shape index (κ2) is 10.8. The van der Waals surface area contributed by atoms with Gasteiger partial charge < -0.3 is 18.1 Å². The molecule has 1 spiro atoms. The molecular weight excluding hydrogens is 522 g/mol. The SMILES string of the molecule is CC(C)(C)c1ccc(P2OCC3(CCOP(c4ccc(C(C)(C)C)cc4C(C)(C)C)O3)CO2)c(C(C)(C)C)c1. The summed E-state index contributed by atoms with van der Waals surface area (Å²) in [5.74, 6) is 0. The van der Waals surface area contributed by atoms with Gasteiger partial charge in [0.25, 0.3) is 0 Å². The van der Waals surface area contributed by atoms with Crippen LogP contribution in [0.5, 0.6) is 0 Å². The van der Waals surface area contributed by atoms with Crippen LogP contribution in [0, 0.1) is 0 Å². The maximum Gasteiger partial charge on any atom is 0.206 e. The molecule has 0 saturated carbocycles. The van der Waals surface area contributed by atoms with Crippen molar-refractivity contribution in [3.8, 4) is 0 Å². The molecule has 2 saturated heterocycles. The van der Waals surface area contributed by atoms with Gasteiger partial charge >= 0.3 is 0 Å². The number of benzene rings is 2. The van der Waals surface area contributed by atoms with Gasteiger partial charge in [0, 0.05) is 17.0 Å². The van der Waals surface area contributed by atoms with Crippen LogP contribution in [0.4, 0.5) is 0 Å². The standard InChI is InChI=1S/C33H50O4P2/c1-29(2,3)23-13-15-27(25(19-23)31(7,8)9)38-35-21-33(22-36-38)17-18-34-39(37-33)28-16-14-24(30(4,5)6)20-26(28)32(10,11)12/h13-16,19-20H,17-18,21-22H2,1-12H3. The molecule has 2 aliphatic rings. The lowest BCUT2D eigenvalue weighted by Crippen LogP contribution is -2.48. The Bertz CT molecular complexity index is 1170. The second-order valence-corrected chi connectivity index (χ2v) is 18.3. The molecule has 1 atom stereocenters. The number of rotatable bonds is 2. The molecule has 2 fully saturated rings. The van der Waals surface area contributed by atoms with Crippen molar-refractivity contribution < 1.29 is 18.1 Å². The van der Waals surface area contributed by atoms with E-state index in [-0.39, 0.29) is 21.7 Å². The summed E-state index contributed by atoms with van der Waals surface area (Å²) in [7, 11) is -2.41. The summed E-state index contributed by atoms with van der Waals surface area (Å²) in [6, 6.07) is 13.7. The van der Waals surface area contributed by atoms with Gasteiger partial charge in [-0.1, -0.05) is 107 Å². The van der Waals surface area contributed by atoms with E-state index in [0.717, 1.165) is 6.42 Å². The van der Waals surface area contributed by atoms with Gasteiger partial charge in [-0.3, -0.25) is 0 Å². The van der Waals surface area contributed by atoms with E-state index in [1.54, 1.807) is 0 Å². The van der Waals surface area contributed by atoms with Crippen molar-refractivity contribution in [2.75, 3.05) is 19.8 Å². The average Bonchev–Trinajstić information content (AvgIpc) is 2.82. The Morgan fingerprint density at radius 3 is 1.41 bits per heavy atom. The van der Waals surface area contributed by atoms with Crippen molar-refractivity contribution >= 4 is 27.4 Å². The molecule has 39 heavy (non-hydrogen) atoms. The van der Waals surface area contributed by atoms with Crippen molar-refractivity contribution in [3.63, 3.8) is 0 Å². The minimum absolute atomic E-state index is 0.00709. The summed E-state index contributed by atoms with van der Waals surface area (Å²) in [6.45, 7) is 28.9. The summed E-state index contributed by atoms with van der Waals surface area (Å²) in [6.07, 6.45) is 0.773. The Morgan fingerprint density at radius 2 is 1.00 bits per heavy atom. The number of hydrogen-bond acceptors (Lipinski definition) is 4. The molecule has 0 aromatic heterocycles. The Hall–Kier alpha value is -0.860. The predicted molar refractivity (Wildman–Crippen MR) is 167 cm³/mol. The molecule has 0 radical (unpaired) electrons. The van der Waals surface area contributed by atoms with E-state index < -0.39 is 22.4 Å². The molecule has 0 aliphatic carbocycles. The minimum Gasteiger partial charge on any atom is -0.330 e. The minimum atomic E-state index is -1.23. The lowest BCUT2D eigenvalue weighted by molar-refractivity contribution is -0.0723. The summed E-state index contributed by atoms with van der Waals surface area (Å²) in [5, 5.41) is 2.35. The van der Waals surface area contributed by atoms with Crippen molar-refractivity contribution in [1.29, 1.82) is 0 Å². The van der Waals surface area contributed by atoms with Crippen LogP contribution in [0.3, 0.4) is 0 Å². The molecule has 2 heterocycles. The zero-order chi connectivity index (χ0) is 29.0. The molecule has 2 aliphatic heterocycles. The fraction of sp³-hybridized carbons (Fsp3) is 0.636. The third kappa shape index (κ3) is 6.97. The molecular formula is C33H50O4P2. The van der Waals surface area contributed by atoms with Crippen LogP contribution in [0.2, 0.25) is 0 Å². The van der Waals surface area contributed by atoms with Crippen molar-refractivity contribution in [2.45, 2.75) is 117 Å². The summed E-state index contributed by atoms with van der Waals surface area (Å²) >= 11 is 0. The molecule has 0 N–H and O–H groups in total. The van der Waals surface area contributed by atoms with Crippen molar-refractivity contribution in [2.24, 2.45) is 0 Å². The highest BCUT2D eigenvalue weighted by Gasteiger charge is 2.46. The fourth-order valence-electron chi connectivity index (χ4n) is 4.97. The van der Waals surface area contributed by atoms with Crippen LogP contribution in [0.25, 0.3) is 0 Å². The molecule has 0 bridgehead atoms. The maximum absolute atomic E-state index is 6.81. The van der Waals surface area contributed by atoms with E-state index in [0.29, 0.717) is 19.8 Å². The van der Waals surface area contributed by atoms with E-state index in [4.69, 9.17) is 18.1 Å². The van der Waals surface area contributed by atoms with E-state index in [1.165, 1.54) is 32.9 Å². The van der Waals surface area contributed by atoms with E-state index in [9.17, 15) is 0 Å². The summed E-state index contributed by atoms with van der Waals surface area (Å²) in [4.78, 5) is 0. The quantitative estimate of drug-likeness (QED) is 0.338. The van der Waals surface area contributed by atoms with Gasteiger partial charge in [0.2, 0.25) is 16.8 Å². The molecule has 6 heteroatoms. The molecule has 4 nitrogen and oxygen atoms in total. The van der Waals surface area contributed by atoms with Crippen LogP contribution in [-0.2, 0) is 39.8 Å². The van der Waals surface area contributed by atoms with Gasteiger partial charge in [-0.15, -0.1) is 0 Å². The fourth-order valence-corrected chi connectivity index (χ4v) is 8.71.